The Morgan fingerprint density at radius 2 is 1.38 bits per heavy atom. The molecule has 8 amide bonds. The lowest BCUT2D eigenvalue weighted by atomic mass is 10.0. The Labute approximate surface area is 440 Å². The van der Waals surface area contributed by atoms with Gasteiger partial charge in [0, 0.05) is 26.1 Å². The number of nitrogens with zero attached hydrogens (tertiary/aromatic N) is 2. The van der Waals surface area contributed by atoms with E-state index < -0.39 is 126 Å². The number of carboxylic acid groups (broad SMARTS) is 1. The topological polar surface area (TPSA) is 502 Å². The summed E-state index contributed by atoms with van der Waals surface area (Å²) in [5, 5.41) is 37.6. The first-order valence-corrected chi connectivity index (χ1v) is 25.3. The van der Waals surface area contributed by atoms with Gasteiger partial charge < -0.3 is 98.2 Å². The molecule has 0 radical (unpaired) electrons. The maximum atomic E-state index is 14.4. The van der Waals surface area contributed by atoms with Gasteiger partial charge in [-0.2, -0.15) is 0 Å². The first kappa shape index (κ1) is 65.2. The molecule has 0 aromatic heterocycles. The Hall–Kier alpha value is -6.89. The highest BCUT2D eigenvalue weighted by Crippen LogP contribution is 2.21. The van der Waals surface area contributed by atoms with Crippen LogP contribution in [0.4, 0.5) is 4.39 Å². The average molecular weight is 1080 g/mol. The van der Waals surface area contributed by atoms with Gasteiger partial charge in [-0.25, -0.2) is 9.18 Å². The van der Waals surface area contributed by atoms with Crippen LogP contribution in [0.3, 0.4) is 0 Å². The van der Waals surface area contributed by atoms with Crippen LogP contribution in [0.15, 0.2) is 41.0 Å². The number of benzene rings is 1. The number of rotatable bonds is 36. The fourth-order valence-corrected chi connectivity index (χ4v) is 7.91. The van der Waals surface area contributed by atoms with Gasteiger partial charge in [0.25, 0.3) is 0 Å². The van der Waals surface area contributed by atoms with Crippen molar-refractivity contribution in [1.82, 2.24) is 42.1 Å². The van der Waals surface area contributed by atoms with Gasteiger partial charge in [-0.1, -0.05) is 24.6 Å². The van der Waals surface area contributed by atoms with Crippen LogP contribution in [0, 0.1) is 5.82 Å². The molecule has 1 saturated heterocycles. The molecule has 1 heterocycles. The highest BCUT2D eigenvalue weighted by Gasteiger charge is 2.40. The second kappa shape index (κ2) is 35.4. The minimum atomic E-state index is -1.61. The number of aliphatic carboxylic acids is 1. The molecule has 0 bridgehead atoms. The van der Waals surface area contributed by atoms with Crippen molar-refractivity contribution in [3.05, 3.63) is 47.4 Å². The van der Waals surface area contributed by atoms with E-state index in [9.17, 15) is 57.8 Å². The van der Waals surface area contributed by atoms with Crippen molar-refractivity contribution in [2.24, 2.45) is 50.9 Å². The second-order valence-corrected chi connectivity index (χ2v) is 18.0. The summed E-state index contributed by atoms with van der Waals surface area (Å²) in [7, 11) is 0. The molecule has 0 spiro atoms. The maximum Gasteiger partial charge on any atom is 0.352 e. The number of halogens is 1. The number of nitrogens with two attached hydrogens (primary N) is 8. The zero-order valence-electron chi connectivity index (χ0n) is 42.8. The molecule has 76 heavy (non-hydrogen) atoms. The van der Waals surface area contributed by atoms with Gasteiger partial charge in [-0.15, -0.1) is 0 Å². The first-order chi connectivity index (χ1) is 36.2. The van der Waals surface area contributed by atoms with Crippen molar-refractivity contribution < 1.29 is 57.8 Å². The van der Waals surface area contributed by atoms with Crippen LogP contribution < -0.4 is 83.1 Å². The van der Waals surface area contributed by atoms with Gasteiger partial charge in [0.2, 0.25) is 47.3 Å². The molecule has 29 heteroatoms. The number of hydrogen-bond acceptors (Lipinski definition) is 17. The van der Waals surface area contributed by atoms with E-state index in [1.807, 2.05) is 0 Å². The van der Waals surface area contributed by atoms with E-state index in [0.717, 1.165) is 6.07 Å². The summed E-state index contributed by atoms with van der Waals surface area (Å²) < 4.78 is 14.4. The summed E-state index contributed by atoms with van der Waals surface area (Å²) in [5.74, 6) is -9.08. The van der Waals surface area contributed by atoms with E-state index in [0.29, 0.717) is 38.6 Å². The number of aliphatic hydroxyl groups is 1. The quantitative estimate of drug-likeness (QED) is 0.0129. The molecule has 1 fully saturated rings. The zero-order chi connectivity index (χ0) is 56.7. The fraction of sp³-hybridized carbons (Fsp3) is 0.617. The smallest absolute Gasteiger partial charge is 0.352 e. The van der Waals surface area contributed by atoms with E-state index in [2.05, 4.69) is 42.2 Å². The van der Waals surface area contributed by atoms with Crippen LogP contribution in [0.1, 0.15) is 82.6 Å². The Kier molecular flexibility index (Phi) is 30.4. The first-order valence-electron chi connectivity index (χ1n) is 25.3. The molecular weight excluding hydrogens is 998 g/mol. The van der Waals surface area contributed by atoms with Crippen molar-refractivity contribution in [1.29, 1.82) is 0 Å². The third-order valence-corrected chi connectivity index (χ3v) is 12.0. The van der Waals surface area contributed by atoms with Gasteiger partial charge in [0.1, 0.15) is 47.8 Å². The number of carbonyl (C=O) groups excluding carboxylic acids is 8. The summed E-state index contributed by atoms with van der Waals surface area (Å²) >= 11 is 0. The van der Waals surface area contributed by atoms with E-state index >= 15 is 0 Å². The Morgan fingerprint density at radius 1 is 0.737 bits per heavy atom. The number of aliphatic hydroxyl groups excluding tert-OH is 1. The number of hydrogen-bond donors (Lipinski definition) is 17. The van der Waals surface area contributed by atoms with Gasteiger partial charge in [0.15, 0.2) is 5.96 Å². The molecule has 1 aliphatic rings. The SMILES string of the molecule is NCCCC[C@H](NC(=O)[C@H](Cc1cccc(F)c1)NC(=O)[C@@H]1CCCN1C(=O)[C@@H](CCCN)NC(=O)CNC(=O)[C@H](CCN)NC(=O)[C@@H](NC(=O)[C@@H](N)CCCCN)[C@@H](O)CN)C(=O)N/C(=C\CCN=C(N)N)C(=O)O. The number of aliphatic imine (C=N–C) groups is 1. The summed E-state index contributed by atoms with van der Waals surface area (Å²) in [6, 6.07) is -4.05. The van der Waals surface area contributed by atoms with E-state index in [1.54, 1.807) is 0 Å². The van der Waals surface area contributed by atoms with Gasteiger partial charge in [-0.3, -0.25) is 43.3 Å². The number of likely N-dealkylation sites (tertiary alicyclic amines) is 1. The number of amides is 8. The number of carbonyl (C=O) groups is 9. The lowest BCUT2D eigenvalue weighted by Gasteiger charge is -2.30. The van der Waals surface area contributed by atoms with Crippen LogP contribution in [0.5, 0.6) is 0 Å². The lowest BCUT2D eigenvalue weighted by Crippen LogP contribution is -2.61. The van der Waals surface area contributed by atoms with Crippen molar-refractivity contribution in [2.45, 2.75) is 132 Å². The normalized spacial score (nSPS) is 16.1. The third-order valence-electron chi connectivity index (χ3n) is 12.0. The molecule has 2 rings (SSSR count). The summed E-state index contributed by atoms with van der Waals surface area (Å²) in [6.07, 6.45) is 2.06. The Morgan fingerprint density at radius 3 is 2.00 bits per heavy atom. The highest BCUT2D eigenvalue weighted by molar-refractivity contribution is 5.99. The Bertz CT molecular complexity index is 2150. The summed E-state index contributed by atoms with van der Waals surface area (Å²) in [4.78, 5) is 126. The van der Waals surface area contributed by atoms with Crippen LogP contribution in [0.2, 0.25) is 0 Å². The largest absolute Gasteiger partial charge is 0.477 e. The summed E-state index contributed by atoms with van der Waals surface area (Å²) in [6.45, 7) is -0.459. The van der Waals surface area contributed by atoms with Crippen molar-refractivity contribution in [3.63, 3.8) is 0 Å². The lowest BCUT2D eigenvalue weighted by molar-refractivity contribution is -0.142. The second-order valence-electron chi connectivity index (χ2n) is 18.0. The van der Waals surface area contributed by atoms with Crippen LogP contribution in [0.25, 0.3) is 0 Å². The molecule has 0 aliphatic carbocycles. The molecule has 0 saturated carbocycles. The number of carboxylic acids is 1. The molecular formula is C47H80FN17O11. The predicted octanol–water partition coefficient (Wildman–Crippen LogP) is -6.36. The van der Waals surface area contributed by atoms with Crippen molar-refractivity contribution >= 4 is 59.2 Å². The molecule has 25 N–H and O–H groups in total. The number of nitrogens with one attached hydrogen (secondary N) is 7. The van der Waals surface area contributed by atoms with Crippen molar-refractivity contribution in [2.75, 3.05) is 52.4 Å². The van der Waals surface area contributed by atoms with Crippen LogP contribution in [-0.4, -0.2) is 175 Å². The number of unbranched alkanes of at least 4 members (excludes halogenated alkanes) is 2. The van der Waals surface area contributed by atoms with Gasteiger partial charge in [-0.05, 0) is 115 Å². The van der Waals surface area contributed by atoms with Crippen LogP contribution >= 0.6 is 0 Å². The van der Waals surface area contributed by atoms with Crippen molar-refractivity contribution in [3.8, 4) is 0 Å². The zero-order valence-corrected chi connectivity index (χ0v) is 42.8. The molecule has 28 nitrogen and oxygen atoms in total. The van der Waals surface area contributed by atoms with Gasteiger partial charge in [0.05, 0.1) is 18.7 Å². The standard InChI is InChI=1S/C47H80FN17O11/c48-28-10-5-9-27(23-28)24-34(42(71)60-30(12-2-4-18-50)41(70)62-33(46(75)76)14-7-21-57-47(55)56)63-43(72)35-15-8-22-65(35)45(74)32(13-6-19-51)59-37(67)26-58-40(69)31(16-20-52)61-44(73)38(36(66)25-53)64-39(68)29(54)11-1-3-17-49/h5,9-10,14,23,29-32,34-36,38,66H,1-4,6-8,11-13,15-22,24-26,49-54H2,(H,58,69)(H,59,67)(H,60,71)(H,61,73)(H,62,70)(H,63,72)(H,64,68)(H,75,76)(H4,55,56,57)/b33-14-/t29-,30-,31-,32+,34-,35-,36-,38-/m0/s1. The Balaban J connectivity index is 2.30. The molecule has 426 valence electrons. The van der Waals surface area contributed by atoms with E-state index in [4.69, 9.17) is 45.9 Å². The highest BCUT2D eigenvalue weighted by atomic mass is 19.1. The molecule has 1 aromatic rings. The molecule has 1 aromatic carbocycles. The average Bonchev–Trinajstić information content (AvgIpc) is 3.88. The maximum absolute atomic E-state index is 14.4. The van der Waals surface area contributed by atoms with E-state index in [-0.39, 0.29) is 95.6 Å². The summed E-state index contributed by atoms with van der Waals surface area (Å²) in [5.41, 5.74) is 44.6. The monoisotopic (exact) mass is 1080 g/mol. The minimum absolute atomic E-state index is 0.0000759. The van der Waals surface area contributed by atoms with Crippen LogP contribution in [-0.2, 0) is 49.6 Å². The molecule has 0 unspecified atom stereocenters. The predicted molar refractivity (Wildman–Crippen MR) is 277 cm³/mol. The van der Waals surface area contributed by atoms with Gasteiger partial charge >= 0.3 is 5.97 Å². The minimum Gasteiger partial charge on any atom is -0.477 e. The number of guanidine groups is 1. The fourth-order valence-electron chi connectivity index (χ4n) is 7.91. The van der Waals surface area contributed by atoms with E-state index in [1.165, 1.54) is 29.2 Å². The molecule has 1 aliphatic heterocycles. The third kappa shape index (κ3) is 23.3. The molecule has 8 atom stereocenters.